The standard InChI is InChI=1S/C15H23N3OS/c1-2-17-15(19)12-3-4-13(16)14(9-12)18-10-11-5-7-20-8-6-11/h3-4,9,11,18H,2,5-8,10,16H2,1H3,(H,17,19). The van der Waals surface area contributed by atoms with Crippen LogP contribution in [0.25, 0.3) is 0 Å². The van der Waals surface area contributed by atoms with Crippen LogP contribution in [0.1, 0.15) is 30.1 Å². The zero-order valence-corrected chi connectivity index (χ0v) is 12.8. The lowest BCUT2D eigenvalue weighted by atomic mass is 10.0. The normalized spacial score (nSPS) is 15.8. The Morgan fingerprint density at radius 3 is 2.85 bits per heavy atom. The molecular weight excluding hydrogens is 270 g/mol. The van der Waals surface area contributed by atoms with Gasteiger partial charge in [0.25, 0.3) is 5.91 Å². The van der Waals surface area contributed by atoms with Gasteiger partial charge in [0.15, 0.2) is 0 Å². The summed E-state index contributed by atoms with van der Waals surface area (Å²) in [6.07, 6.45) is 2.52. The van der Waals surface area contributed by atoms with Gasteiger partial charge in [0, 0.05) is 18.7 Å². The van der Waals surface area contributed by atoms with Crippen LogP contribution in [0, 0.1) is 5.92 Å². The van der Waals surface area contributed by atoms with Crippen molar-refractivity contribution < 1.29 is 4.79 Å². The number of anilines is 2. The third-order valence-electron chi connectivity index (χ3n) is 3.57. The summed E-state index contributed by atoms with van der Waals surface area (Å²) >= 11 is 2.03. The fourth-order valence-corrected chi connectivity index (χ4v) is 3.52. The van der Waals surface area contributed by atoms with Gasteiger partial charge in [-0.15, -0.1) is 0 Å². The van der Waals surface area contributed by atoms with Crippen molar-refractivity contribution in [2.75, 3.05) is 35.6 Å². The Morgan fingerprint density at radius 2 is 2.15 bits per heavy atom. The molecule has 0 aromatic heterocycles. The fraction of sp³-hybridized carbons (Fsp3) is 0.533. The number of carbonyl (C=O) groups is 1. The highest BCUT2D eigenvalue weighted by Crippen LogP contribution is 2.25. The maximum Gasteiger partial charge on any atom is 0.251 e. The molecule has 0 aliphatic carbocycles. The minimum atomic E-state index is -0.0513. The maximum atomic E-state index is 11.8. The largest absolute Gasteiger partial charge is 0.397 e. The van der Waals surface area contributed by atoms with Crippen LogP contribution in [0.5, 0.6) is 0 Å². The Kier molecular flexibility index (Phi) is 5.59. The number of benzene rings is 1. The quantitative estimate of drug-likeness (QED) is 0.730. The zero-order valence-electron chi connectivity index (χ0n) is 11.9. The van der Waals surface area contributed by atoms with Crippen LogP contribution in [0.2, 0.25) is 0 Å². The number of hydrogen-bond donors (Lipinski definition) is 3. The highest BCUT2D eigenvalue weighted by molar-refractivity contribution is 7.99. The molecule has 5 heteroatoms. The molecule has 2 rings (SSSR count). The molecule has 1 fully saturated rings. The first kappa shape index (κ1) is 15.0. The molecule has 0 spiro atoms. The molecule has 20 heavy (non-hydrogen) atoms. The Labute approximate surface area is 124 Å². The average molecular weight is 293 g/mol. The summed E-state index contributed by atoms with van der Waals surface area (Å²) in [5.74, 6) is 3.16. The lowest BCUT2D eigenvalue weighted by Gasteiger charge is -2.22. The van der Waals surface area contributed by atoms with E-state index in [-0.39, 0.29) is 5.91 Å². The molecule has 110 valence electrons. The average Bonchev–Trinajstić information content (AvgIpc) is 2.47. The van der Waals surface area contributed by atoms with Crippen molar-refractivity contribution in [3.63, 3.8) is 0 Å². The fourth-order valence-electron chi connectivity index (χ4n) is 2.32. The Morgan fingerprint density at radius 1 is 1.40 bits per heavy atom. The van der Waals surface area contributed by atoms with Crippen LogP contribution in [0.15, 0.2) is 18.2 Å². The summed E-state index contributed by atoms with van der Waals surface area (Å²) in [6, 6.07) is 5.41. The van der Waals surface area contributed by atoms with E-state index >= 15 is 0 Å². The summed E-state index contributed by atoms with van der Waals surface area (Å²) in [4.78, 5) is 11.8. The molecule has 1 heterocycles. The molecule has 1 aliphatic heterocycles. The van der Waals surface area contributed by atoms with Gasteiger partial charge in [-0.05, 0) is 55.4 Å². The molecule has 4 nitrogen and oxygen atoms in total. The van der Waals surface area contributed by atoms with Crippen LogP contribution in [-0.2, 0) is 0 Å². The summed E-state index contributed by atoms with van der Waals surface area (Å²) < 4.78 is 0. The van der Waals surface area contributed by atoms with Gasteiger partial charge in [-0.25, -0.2) is 0 Å². The van der Waals surface area contributed by atoms with Crippen LogP contribution in [0.4, 0.5) is 11.4 Å². The van der Waals surface area contributed by atoms with E-state index in [0.29, 0.717) is 23.7 Å². The van der Waals surface area contributed by atoms with Gasteiger partial charge in [0.1, 0.15) is 0 Å². The van der Waals surface area contributed by atoms with Gasteiger partial charge in [0.2, 0.25) is 0 Å². The maximum absolute atomic E-state index is 11.8. The van der Waals surface area contributed by atoms with Crippen molar-refractivity contribution in [3.8, 4) is 0 Å². The number of rotatable bonds is 5. The van der Waals surface area contributed by atoms with E-state index in [2.05, 4.69) is 10.6 Å². The van der Waals surface area contributed by atoms with Crippen molar-refractivity contribution in [2.45, 2.75) is 19.8 Å². The minimum absolute atomic E-state index is 0.0513. The smallest absolute Gasteiger partial charge is 0.251 e. The van der Waals surface area contributed by atoms with Crippen LogP contribution in [-0.4, -0.2) is 30.5 Å². The third-order valence-corrected chi connectivity index (χ3v) is 4.62. The highest BCUT2D eigenvalue weighted by Gasteiger charge is 2.14. The minimum Gasteiger partial charge on any atom is -0.397 e. The molecule has 1 aromatic rings. The third kappa shape index (κ3) is 4.07. The zero-order chi connectivity index (χ0) is 14.4. The molecule has 0 atom stereocenters. The monoisotopic (exact) mass is 293 g/mol. The molecule has 1 amide bonds. The van der Waals surface area contributed by atoms with Crippen LogP contribution in [0.3, 0.4) is 0 Å². The summed E-state index contributed by atoms with van der Waals surface area (Å²) in [6.45, 7) is 3.48. The first-order chi connectivity index (χ1) is 9.70. The van der Waals surface area contributed by atoms with E-state index in [1.807, 2.05) is 24.8 Å². The second-order valence-electron chi connectivity index (χ2n) is 5.10. The number of carbonyl (C=O) groups excluding carboxylic acids is 1. The SMILES string of the molecule is CCNC(=O)c1ccc(N)c(NCC2CCSCC2)c1. The van der Waals surface area contributed by atoms with Gasteiger partial charge in [0.05, 0.1) is 11.4 Å². The molecule has 1 aliphatic rings. The second kappa shape index (κ2) is 7.43. The number of nitrogen functional groups attached to an aromatic ring is 1. The molecule has 0 radical (unpaired) electrons. The van der Waals surface area contributed by atoms with Gasteiger partial charge in [-0.1, -0.05) is 0 Å². The lowest BCUT2D eigenvalue weighted by Crippen LogP contribution is -2.23. The molecule has 0 bridgehead atoms. The van der Waals surface area contributed by atoms with Gasteiger partial charge < -0.3 is 16.4 Å². The van der Waals surface area contributed by atoms with Crippen molar-refractivity contribution >= 4 is 29.0 Å². The molecule has 0 unspecified atom stereocenters. The first-order valence-corrected chi connectivity index (χ1v) is 8.35. The number of hydrogen-bond acceptors (Lipinski definition) is 4. The van der Waals surface area contributed by atoms with E-state index in [1.54, 1.807) is 12.1 Å². The van der Waals surface area contributed by atoms with E-state index in [1.165, 1.54) is 24.3 Å². The molecule has 0 saturated carbocycles. The highest BCUT2D eigenvalue weighted by atomic mass is 32.2. The van der Waals surface area contributed by atoms with Crippen LogP contribution >= 0.6 is 11.8 Å². The molecular formula is C15H23N3OS. The molecule has 4 N–H and O–H groups in total. The predicted molar refractivity (Wildman–Crippen MR) is 87.4 cm³/mol. The van der Waals surface area contributed by atoms with E-state index in [0.717, 1.165) is 12.2 Å². The van der Waals surface area contributed by atoms with E-state index < -0.39 is 0 Å². The Hall–Kier alpha value is -1.36. The van der Waals surface area contributed by atoms with Crippen LogP contribution < -0.4 is 16.4 Å². The van der Waals surface area contributed by atoms with Gasteiger partial charge >= 0.3 is 0 Å². The predicted octanol–water partition coefficient (Wildman–Crippen LogP) is 2.57. The van der Waals surface area contributed by atoms with Crippen molar-refractivity contribution in [2.24, 2.45) is 5.92 Å². The van der Waals surface area contributed by atoms with Crippen molar-refractivity contribution in [3.05, 3.63) is 23.8 Å². The number of nitrogens with one attached hydrogen (secondary N) is 2. The Balaban J connectivity index is 1.98. The van der Waals surface area contributed by atoms with Gasteiger partial charge in [-0.2, -0.15) is 11.8 Å². The van der Waals surface area contributed by atoms with Crippen molar-refractivity contribution in [1.82, 2.24) is 5.32 Å². The summed E-state index contributed by atoms with van der Waals surface area (Å²) in [5.41, 5.74) is 8.20. The Bertz CT molecular complexity index is 458. The van der Waals surface area contributed by atoms with E-state index in [9.17, 15) is 4.79 Å². The topological polar surface area (TPSA) is 67.2 Å². The van der Waals surface area contributed by atoms with E-state index in [4.69, 9.17) is 5.73 Å². The number of amides is 1. The summed E-state index contributed by atoms with van der Waals surface area (Å²) in [5, 5.41) is 6.21. The molecule has 1 aromatic carbocycles. The molecule has 1 saturated heterocycles. The first-order valence-electron chi connectivity index (χ1n) is 7.20. The number of nitrogens with two attached hydrogens (primary N) is 1. The van der Waals surface area contributed by atoms with Crippen molar-refractivity contribution in [1.29, 1.82) is 0 Å². The second-order valence-corrected chi connectivity index (χ2v) is 6.32. The summed E-state index contributed by atoms with van der Waals surface area (Å²) in [7, 11) is 0. The number of thioether (sulfide) groups is 1. The van der Waals surface area contributed by atoms with Gasteiger partial charge in [-0.3, -0.25) is 4.79 Å². The lowest BCUT2D eigenvalue weighted by molar-refractivity contribution is 0.0956.